The summed E-state index contributed by atoms with van der Waals surface area (Å²) in [6.07, 6.45) is 0.570. The van der Waals surface area contributed by atoms with Gasteiger partial charge in [0.1, 0.15) is 5.60 Å². The van der Waals surface area contributed by atoms with Crippen molar-refractivity contribution in [2.45, 2.75) is 44.1 Å². The molecular formula is C14H20BrNO4S. The fraction of sp³-hybridized carbons (Fsp3) is 0.500. The number of halogens is 1. The number of nitrogens with one attached hydrogen (secondary N) is 1. The summed E-state index contributed by atoms with van der Waals surface area (Å²) in [5.41, 5.74) is -0.521. The maximum absolute atomic E-state index is 12.0. The molecule has 0 aromatic heterocycles. The number of sulfonamides is 1. The quantitative estimate of drug-likeness (QED) is 0.610. The van der Waals surface area contributed by atoms with Crippen LogP contribution in [-0.2, 0) is 19.6 Å². The Morgan fingerprint density at radius 3 is 2.57 bits per heavy atom. The van der Waals surface area contributed by atoms with Crippen LogP contribution in [0.3, 0.4) is 0 Å². The Morgan fingerprint density at radius 1 is 1.33 bits per heavy atom. The molecule has 21 heavy (non-hydrogen) atoms. The van der Waals surface area contributed by atoms with Gasteiger partial charge in [-0.3, -0.25) is 4.79 Å². The molecule has 0 heterocycles. The Balaban J connectivity index is 2.44. The summed E-state index contributed by atoms with van der Waals surface area (Å²) in [7, 11) is -3.55. The van der Waals surface area contributed by atoms with Crippen LogP contribution in [-0.4, -0.2) is 26.5 Å². The smallest absolute Gasteiger partial charge is 0.306 e. The molecule has 0 atom stereocenters. The number of esters is 1. The molecule has 0 saturated heterocycles. The molecule has 0 unspecified atom stereocenters. The Hall–Kier alpha value is -0.920. The third kappa shape index (κ3) is 7.06. The lowest BCUT2D eigenvalue weighted by molar-refractivity contribution is -0.154. The fourth-order valence-corrected chi connectivity index (χ4v) is 3.22. The molecule has 0 aliphatic heterocycles. The zero-order valence-electron chi connectivity index (χ0n) is 12.3. The second kappa shape index (κ2) is 7.38. The number of carbonyl (C=O) groups is 1. The molecule has 0 saturated carbocycles. The number of rotatable bonds is 6. The Labute approximate surface area is 134 Å². The van der Waals surface area contributed by atoms with Gasteiger partial charge < -0.3 is 4.74 Å². The van der Waals surface area contributed by atoms with E-state index in [1.807, 2.05) is 0 Å². The number of benzene rings is 1. The first-order chi connectivity index (χ1) is 9.60. The molecule has 1 aromatic carbocycles. The average Bonchev–Trinajstić information content (AvgIpc) is 2.32. The normalized spacial score (nSPS) is 12.2. The van der Waals surface area contributed by atoms with Crippen molar-refractivity contribution in [2.24, 2.45) is 0 Å². The molecule has 0 spiro atoms. The van der Waals surface area contributed by atoms with Crippen LogP contribution in [0.1, 0.15) is 33.6 Å². The van der Waals surface area contributed by atoms with Crippen molar-refractivity contribution in [1.29, 1.82) is 0 Å². The number of carbonyl (C=O) groups excluding carboxylic acids is 1. The van der Waals surface area contributed by atoms with Crippen molar-refractivity contribution in [3.63, 3.8) is 0 Å². The first kappa shape index (κ1) is 18.1. The SMILES string of the molecule is CC(C)(C)OC(=O)CCCNS(=O)(=O)c1cccc(Br)c1. The minimum Gasteiger partial charge on any atom is -0.460 e. The van der Waals surface area contributed by atoms with Gasteiger partial charge in [-0.1, -0.05) is 22.0 Å². The van der Waals surface area contributed by atoms with E-state index >= 15 is 0 Å². The van der Waals surface area contributed by atoms with E-state index in [4.69, 9.17) is 4.74 Å². The molecule has 1 aromatic rings. The highest BCUT2D eigenvalue weighted by atomic mass is 79.9. The first-order valence-electron chi connectivity index (χ1n) is 6.57. The second-order valence-electron chi connectivity index (χ2n) is 5.55. The van der Waals surface area contributed by atoms with Crippen molar-refractivity contribution >= 4 is 31.9 Å². The lowest BCUT2D eigenvalue weighted by Crippen LogP contribution is -2.27. The number of ether oxygens (including phenoxy) is 1. The molecule has 0 aliphatic rings. The van der Waals surface area contributed by atoms with Crippen molar-refractivity contribution in [1.82, 2.24) is 4.72 Å². The molecule has 1 rings (SSSR count). The third-order valence-corrected chi connectivity index (χ3v) is 4.33. The van der Waals surface area contributed by atoms with E-state index in [0.717, 1.165) is 0 Å². The summed E-state index contributed by atoms with van der Waals surface area (Å²) < 4.78 is 32.3. The minimum absolute atomic E-state index is 0.179. The molecule has 1 N–H and O–H groups in total. The Kier molecular flexibility index (Phi) is 6.37. The highest BCUT2D eigenvalue weighted by Crippen LogP contribution is 2.16. The van der Waals surface area contributed by atoms with Crippen molar-refractivity contribution in [2.75, 3.05) is 6.54 Å². The summed E-state index contributed by atoms with van der Waals surface area (Å²) >= 11 is 3.23. The minimum atomic E-state index is -3.55. The van der Waals surface area contributed by atoms with Gasteiger partial charge in [-0.05, 0) is 45.4 Å². The topological polar surface area (TPSA) is 72.5 Å². The largest absolute Gasteiger partial charge is 0.460 e. The highest BCUT2D eigenvalue weighted by Gasteiger charge is 2.17. The van der Waals surface area contributed by atoms with E-state index in [2.05, 4.69) is 20.7 Å². The zero-order chi connectivity index (χ0) is 16.1. The van der Waals surface area contributed by atoms with Crippen LogP contribution < -0.4 is 4.72 Å². The van der Waals surface area contributed by atoms with Gasteiger partial charge in [0.2, 0.25) is 10.0 Å². The maximum atomic E-state index is 12.0. The molecular weight excluding hydrogens is 358 g/mol. The molecule has 0 fully saturated rings. The summed E-state index contributed by atoms with van der Waals surface area (Å²) in [6, 6.07) is 6.44. The van der Waals surface area contributed by atoms with Gasteiger partial charge in [-0.25, -0.2) is 13.1 Å². The van der Waals surface area contributed by atoms with E-state index in [1.165, 1.54) is 12.1 Å². The molecule has 7 heteroatoms. The van der Waals surface area contributed by atoms with Gasteiger partial charge >= 0.3 is 5.97 Å². The van der Waals surface area contributed by atoms with Crippen LogP contribution in [0.4, 0.5) is 0 Å². The van der Waals surface area contributed by atoms with E-state index in [0.29, 0.717) is 10.9 Å². The van der Waals surface area contributed by atoms with Crippen molar-refractivity contribution < 1.29 is 17.9 Å². The second-order valence-corrected chi connectivity index (χ2v) is 8.23. The van der Waals surface area contributed by atoms with Gasteiger partial charge in [-0.2, -0.15) is 0 Å². The highest BCUT2D eigenvalue weighted by molar-refractivity contribution is 9.10. The molecule has 118 valence electrons. The molecule has 0 amide bonds. The molecule has 5 nitrogen and oxygen atoms in total. The van der Waals surface area contributed by atoms with Crippen LogP contribution in [0.15, 0.2) is 33.6 Å². The van der Waals surface area contributed by atoms with Gasteiger partial charge in [0.05, 0.1) is 4.90 Å². The number of hydrogen-bond acceptors (Lipinski definition) is 4. The van der Waals surface area contributed by atoms with E-state index in [-0.39, 0.29) is 23.8 Å². The van der Waals surface area contributed by atoms with Gasteiger partial charge in [0, 0.05) is 17.4 Å². The summed E-state index contributed by atoms with van der Waals surface area (Å²) in [5, 5.41) is 0. The lowest BCUT2D eigenvalue weighted by Gasteiger charge is -2.19. The van der Waals surface area contributed by atoms with Gasteiger partial charge in [0.25, 0.3) is 0 Å². The van der Waals surface area contributed by atoms with E-state index in [9.17, 15) is 13.2 Å². The Bertz CT molecular complexity index is 593. The van der Waals surface area contributed by atoms with Gasteiger partial charge in [0.15, 0.2) is 0 Å². The van der Waals surface area contributed by atoms with Crippen LogP contribution in [0.5, 0.6) is 0 Å². The van der Waals surface area contributed by atoms with Crippen molar-refractivity contribution in [3.8, 4) is 0 Å². The van der Waals surface area contributed by atoms with Crippen LogP contribution in [0.2, 0.25) is 0 Å². The first-order valence-corrected chi connectivity index (χ1v) is 8.85. The summed E-state index contributed by atoms with van der Waals surface area (Å²) in [6.45, 7) is 5.57. The summed E-state index contributed by atoms with van der Waals surface area (Å²) in [4.78, 5) is 11.7. The summed E-state index contributed by atoms with van der Waals surface area (Å²) in [5.74, 6) is -0.329. The predicted molar refractivity (Wildman–Crippen MR) is 84.4 cm³/mol. The monoisotopic (exact) mass is 377 g/mol. The van der Waals surface area contributed by atoms with Crippen molar-refractivity contribution in [3.05, 3.63) is 28.7 Å². The lowest BCUT2D eigenvalue weighted by atomic mass is 10.2. The fourth-order valence-electron chi connectivity index (χ4n) is 1.55. The molecule has 0 bridgehead atoms. The third-order valence-electron chi connectivity index (χ3n) is 2.38. The molecule has 0 radical (unpaired) electrons. The standard InChI is InChI=1S/C14H20BrNO4S/c1-14(2,3)20-13(17)8-5-9-16-21(18,19)12-7-4-6-11(15)10-12/h4,6-7,10,16H,5,8-9H2,1-3H3. The van der Waals surface area contributed by atoms with Crippen LogP contribution in [0, 0.1) is 0 Å². The predicted octanol–water partition coefficient (Wildman–Crippen LogP) is 2.85. The number of hydrogen-bond donors (Lipinski definition) is 1. The maximum Gasteiger partial charge on any atom is 0.306 e. The van der Waals surface area contributed by atoms with E-state index in [1.54, 1.807) is 32.9 Å². The zero-order valence-corrected chi connectivity index (χ0v) is 14.8. The average molecular weight is 378 g/mol. The van der Waals surface area contributed by atoms with Crippen LogP contribution in [0.25, 0.3) is 0 Å². The molecule has 0 aliphatic carbocycles. The Morgan fingerprint density at radius 2 is 2.00 bits per heavy atom. The van der Waals surface area contributed by atoms with Gasteiger partial charge in [-0.15, -0.1) is 0 Å². The van der Waals surface area contributed by atoms with E-state index < -0.39 is 15.6 Å². The van der Waals surface area contributed by atoms with Crippen LogP contribution >= 0.6 is 15.9 Å².